The summed E-state index contributed by atoms with van der Waals surface area (Å²) in [5, 5.41) is 22.4. The highest BCUT2D eigenvalue weighted by Crippen LogP contribution is 2.30. The number of benzene rings is 1. The number of anilines is 1. The quantitative estimate of drug-likeness (QED) is 0.616. The van der Waals surface area contributed by atoms with Gasteiger partial charge in [-0.1, -0.05) is 6.92 Å². The normalized spacial score (nSPS) is 11.9. The first kappa shape index (κ1) is 15.4. The van der Waals surface area contributed by atoms with Crippen LogP contribution in [-0.2, 0) is 4.79 Å². The monoisotopic (exact) mass is 334 g/mol. The van der Waals surface area contributed by atoms with E-state index < -0.39 is 28.3 Å². The lowest BCUT2D eigenvalue weighted by Crippen LogP contribution is -2.22. The number of nitro groups is 1. The highest BCUT2D eigenvalue weighted by atomic mass is 79.9. The lowest BCUT2D eigenvalue weighted by atomic mass is 10.1. The molecule has 0 bridgehead atoms. The van der Waals surface area contributed by atoms with E-state index in [4.69, 9.17) is 5.11 Å². The van der Waals surface area contributed by atoms with Crippen molar-refractivity contribution in [2.45, 2.75) is 13.3 Å². The molecule has 0 aliphatic rings. The van der Waals surface area contributed by atoms with Crippen LogP contribution in [0.4, 0.5) is 15.8 Å². The van der Waals surface area contributed by atoms with E-state index in [0.717, 1.165) is 6.07 Å². The SMILES string of the molecule is CCC(CNc1cc(Br)c(F)cc1[N+](=O)[O-])C(=O)O. The zero-order valence-corrected chi connectivity index (χ0v) is 11.6. The molecule has 1 aromatic carbocycles. The standard InChI is InChI=1S/C11H12BrFN2O4/c1-2-6(11(16)17)5-14-9-3-7(12)8(13)4-10(9)15(18)19/h3-4,6,14H,2,5H2,1H3,(H,16,17). The number of carboxylic acids is 1. The number of carboxylic acid groups (broad SMARTS) is 1. The molecule has 0 aliphatic heterocycles. The topological polar surface area (TPSA) is 92.5 Å². The molecule has 0 aromatic heterocycles. The molecule has 0 heterocycles. The van der Waals surface area contributed by atoms with E-state index in [1.807, 2.05) is 0 Å². The summed E-state index contributed by atoms with van der Waals surface area (Å²) < 4.78 is 13.3. The number of nitro benzene ring substituents is 1. The molecule has 1 atom stereocenters. The van der Waals surface area contributed by atoms with E-state index in [0.29, 0.717) is 6.42 Å². The number of hydrogen-bond donors (Lipinski definition) is 2. The predicted molar refractivity (Wildman–Crippen MR) is 70.7 cm³/mol. The summed E-state index contributed by atoms with van der Waals surface area (Å²) in [5.74, 6) is -2.40. The Labute approximate surface area is 116 Å². The lowest BCUT2D eigenvalue weighted by Gasteiger charge is -2.12. The first-order chi connectivity index (χ1) is 8.86. The fourth-order valence-corrected chi connectivity index (χ4v) is 1.81. The number of nitrogens with one attached hydrogen (secondary N) is 1. The van der Waals surface area contributed by atoms with Crippen molar-refractivity contribution in [3.8, 4) is 0 Å². The molecule has 1 rings (SSSR count). The Hall–Kier alpha value is -1.70. The highest BCUT2D eigenvalue weighted by Gasteiger charge is 2.20. The van der Waals surface area contributed by atoms with Gasteiger partial charge in [-0.25, -0.2) is 4.39 Å². The molecule has 19 heavy (non-hydrogen) atoms. The van der Waals surface area contributed by atoms with E-state index in [1.165, 1.54) is 6.07 Å². The van der Waals surface area contributed by atoms with Gasteiger partial charge < -0.3 is 10.4 Å². The van der Waals surface area contributed by atoms with Gasteiger partial charge in [0.05, 0.1) is 21.4 Å². The fraction of sp³-hybridized carbons (Fsp3) is 0.364. The zero-order valence-electron chi connectivity index (χ0n) is 10.0. The van der Waals surface area contributed by atoms with Crippen molar-refractivity contribution < 1.29 is 19.2 Å². The third kappa shape index (κ3) is 3.88. The van der Waals surface area contributed by atoms with Crippen molar-refractivity contribution in [3.05, 3.63) is 32.5 Å². The fourth-order valence-electron chi connectivity index (χ4n) is 1.47. The second-order valence-electron chi connectivity index (χ2n) is 3.86. The number of aliphatic carboxylic acids is 1. The maximum absolute atomic E-state index is 13.2. The Bertz CT molecular complexity index is 510. The Morgan fingerprint density at radius 3 is 2.74 bits per heavy atom. The van der Waals surface area contributed by atoms with Crippen LogP contribution in [0.1, 0.15) is 13.3 Å². The summed E-state index contributed by atoms with van der Waals surface area (Å²) in [6.07, 6.45) is 0.387. The van der Waals surface area contributed by atoms with Gasteiger partial charge in [-0.2, -0.15) is 0 Å². The van der Waals surface area contributed by atoms with Crippen molar-refractivity contribution in [3.63, 3.8) is 0 Å². The second-order valence-corrected chi connectivity index (χ2v) is 4.72. The number of halogens is 2. The van der Waals surface area contributed by atoms with Crippen molar-refractivity contribution in [2.75, 3.05) is 11.9 Å². The van der Waals surface area contributed by atoms with Gasteiger partial charge in [0.2, 0.25) is 0 Å². The molecule has 6 nitrogen and oxygen atoms in total. The molecule has 0 saturated carbocycles. The van der Waals surface area contributed by atoms with Gasteiger partial charge in [0.15, 0.2) is 0 Å². The zero-order chi connectivity index (χ0) is 14.6. The van der Waals surface area contributed by atoms with Gasteiger partial charge in [0.1, 0.15) is 11.5 Å². The summed E-state index contributed by atoms with van der Waals surface area (Å²) >= 11 is 2.93. The second kappa shape index (κ2) is 6.46. The molecular weight excluding hydrogens is 323 g/mol. The van der Waals surface area contributed by atoms with Crippen LogP contribution in [0.5, 0.6) is 0 Å². The molecule has 1 unspecified atom stereocenters. The van der Waals surface area contributed by atoms with E-state index >= 15 is 0 Å². The summed E-state index contributed by atoms with van der Waals surface area (Å²) in [7, 11) is 0. The molecule has 1 aromatic rings. The maximum atomic E-state index is 13.2. The third-order valence-corrected chi connectivity index (χ3v) is 3.22. The smallest absolute Gasteiger partial charge is 0.308 e. The average molecular weight is 335 g/mol. The Morgan fingerprint density at radius 2 is 2.26 bits per heavy atom. The Balaban J connectivity index is 2.97. The molecule has 0 amide bonds. The molecule has 0 aliphatic carbocycles. The number of carbonyl (C=O) groups is 1. The molecule has 0 saturated heterocycles. The lowest BCUT2D eigenvalue weighted by molar-refractivity contribution is -0.384. The van der Waals surface area contributed by atoms with Crippen LogP contribution in [0.25, 0.3) is 0 Å². The van der Waals surface area contributed by atoms with Crippen LogP contribution in [0.2, 0.25) is 0 Å². The van der Waals surface area contributed by atoms with Crippen molar-refractivity contribution in [2.24, 2.45) is 5.92 Å². The van der Waals surface area contributed by atoms with E-state index in [2.05, 4.69) is 21.2 Å². The van der Waals surface area contributed by atoms with Crippen LogP contribution >= 0.6 is 15.9 Å². The number of nitrogens with zero attached hydrogens (tertiary/aromatic N) is 1. The molecular formula is C11H12BrFN2O4. The van der Waals surface area contributed by atoms with Gasteiger partial charge in [0.25, 0.3) is 5.69 Å². The van der Waals surface area contributed by atoms with Gasteiger partial charge >= 0.3 is 5.97 Å². The van der Waals surface area contributed by atoms with Gasteiger partial charge in [-0.3, -0.25) is 14.9 Å². The van der Waals surface area contributed by atoms with Crippen molar-refractivity contribution >= 4 is 33.3 Å². The number of hydrogen-bond acceptors (Lipinski definition) is 4. The molecule has 104 valence electrons. The van der Waals surface area contributed by atoms with Gasteiger partial charge in [-0.15, -0.1) is 0 Å². The van der Waals surface area contributed by atoms with Crippen molar-refractivity contribution in [1.82, 2.24) is 0 Å². The van der Waals surface area contributed by atoms with E-state index in [1.54, 1.807) is 6.92 Å². The Kier molecular flexibility index (Phi) is 5.22. The molecule has 0 spiro atoms. The van der Waals surface area contributed by atoms with Crippen LogP contribution in [-0.4, -0.2) is 22.5 Å². The van der Waals surface area contributed by atoms with Gasteiger partial charge in [0, 0.05) is 6.54 Å². The molecule has 8 heteroatoms. The highest BCUT2D eigenvalue weighted by molar-refractivity contribution is 9.10. The third-order valence-electron chi connectivity index (χ3n) is 2.62. The van der Waals surface area contributed by atoms with E-state index in [-0.39, 0.29) is 16.7 Å². The first-order valence-electron chi connectivity index (χ1n) is 5.46. The predicted octanol–water partition coefficient (Wildman–Crippen LogP) is 3.02. The summed E-state index contributed by atoms with van der Waals surface area (Å²) in [6.45, 7) is 1.74. The maximum Gasteiger partial charge on any atom is 0.308 e. The minimum absolute atomic E-state index is 0.0325. The molecule has 0 fully saturated rings. The minimum atomic E-state index is -0.987. The van der Waals surface area contributed by atoms with Crippen LogP contribution in [0, 0.1) is 21.8 Å². The average Bonchev–Trinajstić information content (AvgIpc) is 2.33. The molecule has 2 N–H and O–H groups in total. The minimum Gasteiger partial charge on any atom is -0.481 e. The van der Waals surface area contributed by atoms with Crippen LogP contribution < -0.4 is 5.32 Å². The first-order valence-corrected chi connectivity index (χ1v) is 6.26. The summed E-state index contributed by atoms with van der Waals surface area (Å²) in [6, 6.07) is 2.01. The number of rotatable bonds is 6. The summed E-state index contributed by atoms with van der Waals surface area (Å²) in [4.78, 5) is 20.9. The Morgan fingerprint density at radius 1 is 1.63 bits per heavy atom. The van der Waals surface area contributed by atoms with Crippen LogP contribution in [0.3, 0.4) is 0 Å². The molecule has 0 radical (unpaired) electrons. The van der Waals surface area contributed by atoms with E-state index in [9.17, 15) is 19.3 Å². The van der Waals surface area contributed by atoms with Crippen LogP contribution in [0.15, 0.2) is 16.6 Å². The summed E-state index contributed by atoms with van der Waals surface area (Å²) in [5.41, 5.74) is -0.348. The van der Waals surface area contributed by atoms with Gasteiger partial charge in [-0.05, 0) is 28.4 Å². The van der Waals surface area contributed by atoms with Crippen molar-refractivity contribution in [1.29, 1.82) is 0 Å². The largest absolute Gasteiger partial charge is 0.481 e.